The summed E-state index contributed by atoms with van der Waals surface area (Å²) in [6.07, 6.45) is 0.386. The number of hydrogen-bond donors (Lipinski definition) is 1. The molecule has 3 aliphatic heterocycles. The molecule has 204 valence electrons. The highest BCUT2D eigenvalue weighted by Gasteiger charge is 2.41. The van der Waals surface area contributed by atoms with Gasteiger partial charge in [0.1, 0.15) is 18.5 Å². The molecule has 1 saturated heterocycles. The number of aromatic amines is 1. The minimum absolute atomic E-state index is 0.0247. The Morgan fingerprint density at radius 1 is 1.05 bits per heavy atom. The summed E-state index contributed by atoms with van der Waals surface area (Å²) in [7, 11) is 2.00. The van der Waals surface area contributed by atoms with Gasteiger partial charge in [-0.3, -0.25) is 19.3 Å². The van der Waals surface area contributed by atoms with Crippen LogP contribution in [0.5, 0.6) is 5.75 Å². The molecule has 0 saturated carbocycles. The maximum atomic E-state index is 13.2. The van der Waals surface area contributed by atoms with Gasteiger partial charge in [-0.05, 0) is 42.3 Å². The van der Waals surface area contributed by atoms with Crippen molar-refractivity contribution in [3.05, 3.63) is 59.3 Å². The van der Waals surface area contributed by atoms with E-state index in [4.69, 9.17) is 14.2 Å². The Kier molecular flexibility index (Phi) is 6.97. The van der Waals surface area contributed by atoms with Gasteiger partial charge < -0.3 is 29.0 Å². The van der Waals surface area contributed by atoms with Crippen LogP contribution in [0.15, 0.2) is 42.5 Å². The number of amides is 1. The summed E-state index contributed by atoms with van der Waals surface area (Å²) in [5, 5.41) is 0.970. The molecule has 4 heterocycles. The summed E-state index contributed by atoms with van der Waals surface area (Å²) in [6.45, 7) is 4.62. The molecule has 1 atom stereocenters. The smallest absolute Gasteiger partial charge is 0.311 e. The maximum absolute atomic E-state index is 13.2. The highest BCUT2D eigenvalue weighted by molar-refractivity contribution is 6.02. The number of aromatic nitrogens is 1. The van der Waals surface area contributed by atoms with E-state index in [0.717, 1.165) is 40.9 Å². The zero-order chi connectivity index (χ0) is 26.9. The topological polar surface area (TPSA) is 104 Å². The van der Waals surface area contributed by atoms with Crippen LogP contribution in [-0.4, -0.2) is 85.7 Å². The second-order valence-electron chi connectivity index (χ2n) is 10.1. The first-order valence-electron chi connectivity index (χ1n) is 13.4. The predicted octanol–water partition coefficient (Wildman–Crippen LogP) is 2.88. The van der Waals surface area contributed by atoms with Crippen molar-refractivity contribution in [1.82, 2.24) is 14.8 Å². The van der Waals surface area contributed by atoms with Crippen molar-refractivity contribution >= 4 is 34.4 Å². The van der Waals surface area contributed by atoms with Gasteiger partial charge in [-0.25, -0.2) is 0 Å². The van der Waals surface area contributed by atoms with Crippen LogP contribution in [0, 0.1) is 0 Å². The van der Waals surface area contributed by atoms with Crippen molar-refractivity contribution in [3.63, 3.8) is 0 Å². The zero-order valence-corrected chi connectivity index (χ0v) is 22.0. The number of anilines is 1. The molecule has 1 unspecified atom stereocenters. The van der Waals surface area contributed by atoms with Crippen molar-refractivity contribution in [1.29, 1.82) is 0 Å². The molecule has 1 fully saturated rings. The Hall–Kier alpha value is -3.89. The van der Waals surface area contributed by atoms with E-state index in [1.165, 1.54) is 0 Å². The number of H-pyrrole nitrogens is 1. The Labute approximate surface area is 226 Å². The van der Waals surface area contributed by atoms with Crippen LogP contribution in [-0.2, 0) is 25.5 Å². The fraction of sp³-hybridized carbons (Fsp3) is 0.414. The number of morpholine rings is 1. The fourth-order valence-electron chi connectivity index (χ4n) is 5.75. The first kappa shape index (κ1) is 25.4. The van der Waals surface area contributed by atoms with E-state index in [-0.39, 0.29) is 24.9 Å². The number of rotatable bonds is 7. The quantitative estimate of drug-likeness (QED) is 0.366. The number of carbonyl (C=O) groups is 3. The molecule has 10 nitrogen and oxygen atoms in total. The van der Waals surface area contributed by atoms with Gasteiger partial charge in [-0.15, -0.1) is 0 Å². The first-order chi connectivity index (χ1) is 19.0. The van der Waals surface area contributed by atoms with Gasteiger partial charge >= 0.3 is 11.9 Å². The summed E-state index contributed by atoms with van der Waals surface area (Å²) < 4.78 is 16.1. The third-order valence-electron chi connectivity index (χ3n) is 7.75. The summed E-state index contributed by atoms with van der Waals surface area (Å²) >= 11 is 0. The van der Waals surface area contributed by atoms with Crippen molar-refractivity contribution in [2.45, 2.75) is 25.4 Å². The Balaban J connectivity index is 1.09. The minimum Gasteiger partial charge on any atom is -0.464 e. The van der Waals surface area contributed by atoms with E-state index < -0.39 is 11.9 Å². The zero-order valence-electron chi connectivity index (χ0n) is 22.0. The van der Waals surface area contributed by atoms with Crippen molar-refractivity contribution in [2.24, 2.45) is 0 Å². The lowest BCUT2D eigenvalue weighted by Crippen LogP contribution is -2.51. The van der Waals surface area contributed by atoms with Crippen LogP contribution in [0.2, 0.25) is 0 Å². The van der Waals surface area contributed by atoms with Crippen LogP contribution in [0.1, 0.15) is 40.6 Å². The van der Waals surface area contributed by atoms with E-state index in [9.17, 15) is 14.4 Å². The normalized spacial score (nSPS) is 18.9. The molecule has 10 heteroatoms. The number of esters is 2. The SMILES string of the molecule is CN1c2ccccc2C(=O)N2CCc3c([nH]c4ccc(OC(=O)CCC(=O)OCCN5CCOCC5)cc34)C21. The molecule has 0 bridgehead atoms. The van der Waals surface area contributed by atoms with E-state index in [0.29, 0.717) is 50.6 Å². The van der Waals surface area contributed by atoms with Gasteiger partial charge in [0.2, 0.25) is 0 Å². The molecule has 3 aliphatic rings. The molecule has 0 aliphatic carbocycles. The predicted molar refractivity (Wildman–Crippen MR) is 144 cm³/mol. The summed E-state index contributed by atoms with van der Waals surface area (Å²) in [4.78, 5) is 47.5. The largest absolute Gasteiger partial charge is 0.464 e. The molecule has 3 aromatic rings. The molecule has 0 spiro atoms. The van der Waals surface area contributed by atoms with Gasteiger partial charge in [0.25, 0.3) is 5.91 Å². The van der Waals surface area contributed by atoms with E-state index in [1.807, 2.05) is 48.3 Å². The van der Waals surface area contributed by atoms with E-state index in [1.54, 1.807) is 6.07 Å². The van der Waals surface area contributed by atoms with E-state index >= 15 is 0 Å². The van der Waals surface area contributed by atoms with Gasteiger partial charge in [-0.2, -0.15) is 0 Å². The molecule has 2 aromatic carbocycles. The molecular weight excluding hydrogens is 500 g/mol. The number of hydrogen-bond acceptors (Lipinski definition) is 8. The van der Waals surface area contributed by atoms with Crippen LogP contribution < -0.4 is 9.64 Å². The molecule has 1 aromatic heterocycles. The lowest BCUT2D eigenvalue weighted by Gasteiger charge is -2.46. The number of benzene rings is 2. The number of fused-ring (bicyclic) bond motifs is 6. The van der Waals surface area contributed by atoms with Crippen molar-refractivity contribution < 1.29 is 28.6 Å². The van der Waals surface area contributed by atoms with Gasteiger partial charge in [0.05, 0.1) is 43.0 Å². The standard InChI is InChI=1S/C29H32N4O6/c1-31-24-5-3-2-4-21(24)29(36)33-11-10-20-22-18-19(6-7-23(22)30-27(20)28(31)33)39-26(35)9-8-25(34)38-17-14-32-12-15-37-16-13-32/h2-7,18,28,30H,8-17H2,1H3. The van der Waals surface area contributed by atoms with Crippen LogP contribution in [0.25, 0.3) is 10.9 Å². The van der Waals surface area contributed by atoms with Crippen LogP contribution in [0.3, 0.4) is 0 Å². The highest BCUT2D eigenvalue weighted by Crippen LogP contribution is 2.43. The summed E-state index contributed by atoms with van der Waals surface area (Å²) in [5.41, 5.74) is 4.64. The number of ether oxygens (including phenoxy) is 3. The molecule has 0 radical (unpaired) electrons. The molecular formula is C29H32N4O6. The average Bonchev–Trinajstić information content (AvgIpc) is 3.33. The van der Waals surface area contributed by atoms with Crippen LogP contribution in [0.4, 0.5) is 5.69 Å². The van der Waals surface area contributed by atoms with Crippen molar-refractivity contribution in [2.75, 3.05) is 57.9 Å². The average molecular weight is 533 g/mol. The molecule has 39 heavy (non-hydrogen) atoms. The third-order valence-corrected chi connectivity index (χ3v) is 7.75. The number of carbonyl (C=O) groups excluding carboxylic acids is 3. The minimum atomic E-state index is -0.482. The highest BCUT2D eigenvalue weighted by atomic mass is 16.5. The molecule has 1 amide bonds. The number of para-hydroxylation sites is 1. The Morgan fingerprint density at radius 2 is 1.85 bits per heavy atom. The summed E-state index contributed by atoms with van der Waals surface area (Å²) in [5.74, 6) is -0.431. The molecule has 1 N–H and O–H groups in total. The lowest BCUT2D eigenvalue weighted by molar-refractivity contribution is -0.147. The second-order valence-corrected chi connectivity index (χ2v) is 10.1. The second kappa shape index (κ2) is 10.7. The van der Waals surface area contributed by atoms with Gasteiger partial charge in [0, 0.05) is 44.1 Å². The van der Waals surface area contributed by atoms with Gasteiger partial charge in [-0.1, -0.05) is 12.1 Å². The maximum Gasteiger partial charge on any atom is 0.311 e. The monoisotopic (exact) mass is 532 g/mol. The first-order valence-corrected chi connectivity index (χ1v) is 13.4. The van der Waals surface area contributed by atoms with E-state index in [2.05, 4.69) is 14.8 Å². The third kappa shape index (κ3) is 4.97. The fourth-order valence-corrected chi connectivity index (χ4v) is 5.75. The number of nitrogens with one attached hydrogen (secondary N) is 1. The number of nitrogens with zero attached hydrogens (tertiary/aromatic N) is 3. The van der Waals surface area contributed by atoms with Crippen LogP contribution >= 0.6 is 0 Å². The van der Waals surface area contributed by atoms with Crippen molar-refractivity contribution in [3.8, 4) is 5.75 Å². The lowest BCUT2D eigenvalue weighted by atomic mass is 9.96. The molecule has 6 rings (SSSR count). The van der Waals surface area contributed by atoms with Gasteiger partial charge in [0.15, 0.2) is 0 Å². The Morgan fingerprint density at radius 3 is 2.69 bits per heavy atom. The summed E-state index contributed by atoms with van der Waals surface area (Å²) in [6, 6.07) is 13.2. The Bertz CT molecular complexity index is 1410.